The Morgan fingerprint density at radius 3 is 2.06 bits per heavy atom. The van der Waals surface area contributed by atoms with Crippen molar-refractivity contribution >= 4 is 12.9 Å². The molecule has 3 heteroatoms. The van der Waals surface area contributed by atoms with Crippen LogP contribution in [0, 0.1) is 0 Å². The lowest BCUT2D eigenvalue weighted by Crippen LogP contribution is -2.49. The van der Waals surface area contributed by atoms with Gasteiger partial charge in [0.15, 0.2) is 0 Å². The van der Waals surface area contributed by atoms with Crippen molar-refractivity contribution in [1.82, 2.24) is 0 Å². The van der Waals surface area contributed by atoms with Gasteiger partial charge in [-0.25, -0.2) is 0 Å². The SMILES string of the molecule is CCc1ccc([B]OC(C)(C)C(C)(C)O)cc1. The summed E-state index contributed by atoms with van der Waals surface area (Å²) in [7, 11) is 1.71. The van der Waals surface area contributed by atoms with Crippen LogP contribution in [0.5, 0.6) is 0 Å². The number of rotatable bonds is 5. The number of benzene rings is 1. The second-order valence-corrected chi connectivity index (χ2v) is 5.40. The average molecular weight is 233 g/mol. The molecule has 0 aliphatic carbocycles. The van der Waals surface area contributed by atoms with Crippen LogP contribution < -0.4 is 5.46 Å². The fourth-order valence-corrected chi connectivity index (χ4v) is 1.19. The first-order chi connectivity index (χ1) is 7.76. The monoisotopic (exact) mass is 233 g/mol. The Bertz CT molecular complexity index is 349. The van der Waals surface area contributed by atoms with Crippen LogP contribution in [0.15, 0.2) is 24.3 Å². The molecule has 0 saturated carbocycles. The zero-order valence-electron chi connectivity index (χ0n) is 11.4. The fourth-order valence-electron chi connectivity index (χ4n) is 1.19. The Kier molecular flexibility index (Phi) is 4.39. The summed E-state index contributed by atoms with van der Waals surface area (Å²) in [5, 5.41) is 9.96. The van der Waals surface area contributed by atoms with Crippen molar-refractivity contribution in [1.29, 1.82) is 0 Å². The highest BCUT2D eigenvalue weighted by Gasteiger charge is 2.35. The van der Waals surface area contributed by atoms with Crippen LogP contribution in [0.2, 0.25) is 0 Å². The number of hydrogen-bond donors (Lipinski definition) is 1. The van der Waals surface area contributed by atoms with Crippen molar-refractivity contribution in [3.63, 3.8) is 0 Å². The van der Waals surface area contributed by atoms with E-state index in [0.717, 1.165) is 11.9 Å². The van der Waals surface area contributed by atoms with Crippen molar-refractivity contribution in [3.8, 4) is 0 Å². The van der Waals surface area contributed by atoms with Gasteiger partial charge >= 0.3 is 7.48 Å². The average Bonchev–Trinajstić information content (AvgIpc) is 2.25. The molecule has 0 aliphatic heterocycles. The van der Waals surface area contributed by atoms with Crippen LogP contribution in [0.25, 0.3) is 0 Å². The highest BCUT2D eigenvalue weighted by atomic mass is 16.5. The Hall–Kier alpha value is -0.795. The van der Waals surface area contributed by atoms with Crippen molar-refractivity contribution in [2.24, 2.45) is 0 Å². The van der Waals surface area contributed by atoms with Gasteiger partial charge in [0.25, 0.3) is 0 Å². The molecule has 0 fully saturated rings. The quantitative estimate of drug-likeness (QED) is 0.789. The third-order valence-electron chi connectivity index (χ3n) is 3.35. The van der Waals surface area contributed by atoms with E-state index in [1.165, 1.54) is 5.56 Å². The van der Waals surface area contributed by atoms with Gasteiger partial charge in [-0.2, -0.15) is 0 Å². The Morgan fingerprint density at radius 1 is 1.12 bits per heavy atom. The molecule has 1 N–H and O–H groups in total. The molecule has 0 aromatic heterocycles. The largest absolute Gasteiger partial charge is 0.427 e. The zero-order valence-corrected chi connectivity index (χ0v) is 11.4. The molecule has 0 bridgehead atoms. The first kappa shape index (κ1) is 14.3. The Morgan fingerprint density at radius 2 is 1.65 bits per heavy atom. The number of aryl methyl sites for hydroxylation is 1. The Labute approximate surface area is 105 Å². The normalized spacial score (nSPS) is 12.6. The minimum absolute atomic E-state index is 0.615. The third-order valence-corrected chi connectivity index (χ3v) is 3.35. The summed E-state index contributed by atoms with van der Waals surface area (Å²) in [6.45, 7) is 9.39. The van der Waals surface area contributed by atoms with Crippen LogP contribution in [-0.4, -0.2) is 23.8 Å². The van der Waals surface area contributed by atoms with Crippen LogP contribution in [0.3, 0.4) is 0 Å². The molecule has 1 aromatic carbocycles. The van der Waals surface area contributed by atoms with Gasteiger partial charge in [0.1, 0.15) is 0 Å². The van der Waals surface area contributed by atoms with Crippen LogP contribution in [0.4, 0.5) is 0 Å². The van der Waals surface area contributed by atoms with E-state index < -0.39 is 11.2 Å². The molecule has 1 radical (unpaired) electrons. The second kappa shape index (κ2) is 5.24. The summed E-state index contributed by atoms with van der Waals surface area (Å²) in [6, 6.07) is 8.23. The summed E-state index contributed by atoms with van der Waals surface area (Å²) in [6.07, 6.45) is 1.04. The molecule has 17 heavy (non-hydrogen) atoms. The molecular weight excluding hydrogens is 211 g/mol. The first-order valence-corrected chi connectivity index (χ1v) is 6.08. The molecule has 0 aliphatic rings. The fraction of sp³-hybridized carbons (Fsp3) is 0.571. The highest BCUT2D eigenvalue weighted by Crippen LogP contribution is 2.24. The van der Waals surface area contributed by atoms with E-state index in [-0.39, 0.29) is 0 Å². The van der Waals surface area contributed by atoms with Crippen molar-refractivity contribution in [2.75, 3.05) is 0 Å². The predicted octanol–water partition coefficient (Wildman–Crippen LogP) is 2.06. The number of hydrogen-bond acceptors (Lipinski definition) is 2. The maximum absolute atomic E-state index is 9.96. The van der Waals surface area contributed by atoms with E-state index in [1.54, 1.807) is 21.3 Å². The van der Waals surface area contributed by atoms with Gasteiger partial charge in [-0.1, -0.05) is 36.7 Å². The minimum Gasteiger partial charge on any atom is -0.427 e. The van der Waals surface area contributed by atoms with E-state index in [1.807, 2.05) is 26.0 Å². The molecule has 0 atom stereocenters. The lowest BCUT2D eigenvalue weighted by atomic mass is 9.82. The lowest BCUT2D eigenvalue weighted by molar-refractivity contribution is -0.0893. The van der Waals surface area contributed by atoms with E-state index in [9.17, 15) is 5.11 Å². The molecule has 0 spiro atoms. The van der Waals surface area contributed by atoms with E-state index in [0.29, 0.717) is 0 Å². The van der Waals surface area contributed by atoms with Crippen LogP contribution in [0.1, 0.15) is 40.2 Å². The van der Waals surface area contributed by atoms with Gasteiger partial charge < -0.3 is 9.76 Å². The van der Waals surface area contributed by atoms with Gasteiger partial charge in [-0.05, 0) is 39.7 Å². The lowest BCUT2D eigenvalue weighted by Gasteiger charge is -2.37. The molecule has 0 unspecified atom stereocenters. The van der Waals surface area contributed by atoms with Gasteiger partial charge in [-0.15, -0.1) is 0 Å². The third kappa shape index (κ3) is 3.86. The summed E-state index contributed by atoms with van der Waals surface area (Å²) < 4.78 is 5.68. The molecule has 2 nitrogen and oxygen atoms in total. The van der Waals surface area contributed by atoms with Crippen LogP contribution in [-0.2, 0) is 11.1 Å². The summed E-state index contributed by atoms with van der Waals surface area (Å²) in [5.74, 6) is 0. The van der Waals surface area contributed by atoms with Crippen molar-refractivity contribution in [3.05, 3.63) is 29.8 Å². The number of aliphatic hydroxyl groups is 1. The zero-order chi connectivity index (χ0) is 13.1. The molecule has 0 heterocycles. The summed E-state index contributed by atoms with van der Waals surface area (Å²) in [4.78, 5) is 0. The Balaban J connectivity index is 2.61. The summed E-state index contributed by atoms with van der Waals surface area (Å²) >= 11 is 0. The van der Waals surface area contributed by atoms with Crippen molar-refractivity contribution in [2.45, 2.75) is 52.2 Å². The minimum atomic E-state index is -0.882. The first-order valence-electron chi connectivity index (χ1n) is 6.08. The van der Waals surface area contributed by atoms with Gasteiger partial charge in [0, 0.05) is 0 Å². The van der Waals surface area contributed by atoms with E-state index in [2.05, 4.69) is 19.1 Å². The topological polar surface area (TPSA) is 29.5 Å². The molecule has 0 amide bonds. The van der Waals surface area contributed by atoms with E-state index >= 15 is 0 Å². The van der Waals surface area contributed by atoms with E-state index in [4.69, 9.17) is 4.65 Å². The molecule has 1 aromatic rings. The predicted molar refractivity (Wildman–Crippen MR) is 72.7 cm³/mol. The molecule has 0 saturated heterocycles. The van der Waals surface area contributed by atoms with Crippen molar-refractivity contribution < 1.29 is 9.76 Å². The molecular formula is C14H22BO2. The van der Waals surface area contributed by atoms with Gasteiger partial charge in [0.05, 0.1) is 11.2 Å². The van der Waals surface area contributed by atoms with Crippen LogP contribution >= 0.6 is 0 Å². The summed E-state index contributed by atoms with van der Waals surface area (Å²) in [5.41, 5.74) is 0.826. The second-order valence-electron chi connectivity index (χ2n) is 5.40. The van der Waals surface area contributed by atoms with Gasteiger partial charge in [-0.3, -0.25) is 0 Å². The molecule has 93 valence electrons. The molecule has 1 rings (SSSR count). The van der Waals surface area contributed by atoms with Gasteiger partial charge in [0.2, 0.25) is 0 Å². The maximum atomic E-state index is 9.96. The smallest absolute Gasteiger partial charge is 0.330 e. The highest BCUT2D eigenvalue weighted by molar-refractivity contribution is 6.47. The standard InChI is InChI=1S/C14H22BO2/c1-6-11-7-9-12(10-8-11)15-17-14(4,5)13(2,3)16/h7-10,16H,6H2,1-5H3. The maximum Gasteiger partial charge on any atom is 0.330 e.